The number of hydrogen-bond acceptors (Lipinski definition) is 2. The molecular weight excluding hydrogens is 195 g/mol. The molecule has 0 spiro atoms. The summed E-state index contributed by atoms with van der Waals surface area (Å²) < 4.78 is 11.0. The normalized spacial score (nSPS) is 12.5. The average Bonchev–Trinajstić information content (AvgIpc) is 2.46. The van der Waals surface area contributed by atoms with Gasteiger partial charge in [-0.05, 0) is 12.1 Å². The molecule has 5 heteroatoms. The van der Waals surface area contributed by atoms with Crippen molar-refractivity contribution in [1.82, 2.24) is 9.97 Å². The Hall–Kier alpha value is 0. The number of hydrogen-bond donors (Lipinski definition) is 1. The van der Waals surface area contributed by atoms with Gasteiger partial charge in [0.25, 0.3) is 0 Å². The van der Waals surface area contributed by atoms with Gasteiger partial charge in [-0.1, -0.05) is 12.1 Å². The predicted molar refractivity (Wildman–Crippen MR) is 55.6 cm³/mol. The van der Waals surface area contributed by atoms with E-state index in [9.17, 15) is 4.55 Å². The zero-order valence-electron chi connectivity index (χ0n) is 6.57. The number of aromatic amines is 1. The summed E-state index contributed by atoms with van der Waals surface area (Å²) in [6, 6.07) is 7.63. The molecule has 1 heterocycles. The molecule has 0 saturated heterocycles. The van der Waals surface area contributed by atoms with Crippen LogP contribution in [-0.4, -0.2) is 50.3 Å². The van der Waals surface area contributed by atoms with Crippen molar-refractivity contribution in [3.05, 3.63) is 24.3 Å². The summed E-state index contributed by atoms with van der Waals surface area (Å²) in [5.74, 6) is 0. The molecule has 0 aliphatic rings. The Morgan fingerprint density at radius 2 is 2.08 bits per heavy atom. The van der Waals surface area contributed by atoms with Crippen molar-refractivity contribution in [2.24, 2.45) is 0 Å². The summed E-state index contributed by atoms with van der Waals surface area (Å²) in [4.78, 5) is 7.14. The molecule has 3 nitrogen and oxygen atoms in total. The molecule has 1 N–H and O–H groups in total. The number of nitrogens with one attached hydrogen (secondary N) is 1. The first kappa shape index (κ1) is 11.1. The summed E-state index contributed by atoms with van der Waals surface area (Å²) in [6.07, 6.45) is 1.61. The van der Waals surface area contributed by atoms with Crippen molar-refractivity contribution in [1.29, 1.82) is 0 Å². The third-order valence-corrected chi connectivity index (χ3v) is 2.38. The molecule has 2 aromatic rings. The van der Waals surface area contributed by atoms with E-state index in [0.717, 1.165) is 11.0 Å². The molecule has 2 rings (SSSR count). The van der Waals surface area contributed by atoms with Gasteiger partial charge in [0.2, 0.25) is 0 Å². The van der Waals surface area contributed by atoms with Crippen LogP contribution in [0.1, 0.15) is 0 Å². The van der Waals surface area contributed by atoms with E-state index in [4.69, 9.17) is 0 Å². The van der Waals surface area contributed by atoms with Crippen LogP contribution in [0.4, 0.5) is 0 Å². The number of imidazole rings is 1. The van der Waals surface area contributed by atoms with Crippen molar-refractivity contribution in [2.75, 3.05) is 6.26 Å². The number of rotatable bonds is 1. The number of benzene rings is 1. The molecule has 0 saturated carbocycles. The van der Waals surface area contributed by atoms with Crippen molar-refractivity contribution >= 4 is 51.8 Å². The van der Waals surface area contributed by atoms with Gasteiger partial charge >= 0.3 is 34.7 Å². The number of H-pyrrole nitrogens is 1. The van der Waals surface area contributed by atoms with Crippen molar-refractivity contribution in [3.63, 3.8) is 0 Å². The SMILES string of the molecule is C[S+]([O-])c1nc2ccccc2[nH]1.[NaH]. The zero-order chi connectivity index (χ0) is 8.55. The van der Waals surface area contributed by atoms with Crippen LogP contribution < -0.4 is 0 Å². The molecule has 0 bridgehead atoms. The molecule has 1 aromatic heterocycles. The first-order valence-corrected chi connectivity index (χ1v) is 5.11. The Morgan fingerprint density at radius 1 is 1.38 bits per heavy atom. The van der Waals surface area contributed by atoms with E-state index in [1.54, 1.807) is 6.26 Å². The molecule has 0 amide bonds. The van der Waals surface area contributed by atoms with E-state index in [-0.39, 0.29) is 29.6 Å². The third kappa shape index (κ3) is 2.27. The van der Waals surface area contributed by atoms with Crippen LogP contribution in [0.2, 0.25) is 0 Å². The van der Waals surface area contributed by atoms with Crippen LogP contribution in [0.25, 0.3) is 11.0 Å². The Bertz CT molecular complexity index is 369. The van der Waals surface area contributed by atoms with Gasteiger partial charge in [0.15, 0.2) is 0 Å². The minimum atomic E-state index is -1.03. The molecule has 0 aliphatic carbocycles. The molecule has 1 atom stereocenters. The van der Waals surface area contributed by atoms with Crippen molar-refractivity contribution in [2.45, 2.75) is 5.16 Å². The van der Waals surface area contributed by atoms with Crippen molar-refractivity contribution in [3.8, 4) is 0 Å². The maximum absolute atomic E-state index is 11.0. The van der Waals surface area contributed by atoms with Gasteiger partial charge in [-0.3, -0.25) is 4.98 Å². The van der Waals surface area contributed by atoms with E-state index in [0.29, 0.717) is 5.16 Å². The fraction of sp³-hybridized carbons (Fsp3) is 0.125. The first-order chi connectivity index (χ1) is 5.77. The topological polar surface area (TPSA) is 51.7 Å². The Balaban J connectivity index is 0.000000845. The molecule has 1 unspecified atom stereocenters. The van der Waals surface area contributed by atoms with Crippen LogP contribution in [0.3, 0.4) is 0 Å². The first-order valence-electron chi connectivity index (χ1n) is 3.55. The van der Waals surface area contributed by atoms with Gasteiger partial charge in [0.05, 0.1) is 11.0 Å². The van der Waals surface area contributed by atoms with E-state index in [1.165, 1.54) is 0 Å². The standard InChI is InChI=1S/C8H8N2OS.Na.H/c1-12(11)8-9-6-4-2-3-5-7(6)10-8;;/h2-5H,1H3,(H,9,10);;. The van der Waals surface area contributed by atoms with E-state index in [2.05, 4.69) is 9.97 Å². The van der Waals surface area contributed by atoms with Gasteiger partial charge in [-0.15, -0.1) is 0 Å². The van der Waals surface area contributed by atoms with E-state index >= 15 is 0 Å². The van der Waals surface area contributed by atoms with Gasteiger partial charge in [0.1, 0.15) is 6.26 Å². The number of fused-ring (bicyclic) bond motifs is 1. The van der Waals surface area contributed by atoms with Crippen LogP contribution in [0, 0.1) is 0 Å². The second-order valence-electron chi connectivity index (χ2n) is 2.51. The summed E-state index contributed by atoms with van der Waals surface area (Å²) in [6.45, 7) is 0. The van der Waals surface area contributed by atoms with E-state index < -0.39 is 11.2 Å². The second kappa shape index (κ2) is 4.48. The van der Waals surface area contributed by atoms with Crippen LogP contribution >= 0.6 is 0 Å². The Labute approximate surface area is 101 Å². The summed E-state index contributed by atoms with van der Waals surface area (Å²) >= 11 is -1.03. The molecule has 1 aromatic carbocycles. The van der Waals surface area contributed by atoms with Crippen LogP contribution in [0.15, 0.2) is 29.4 Å². The van der Waals surface area contributed by atoms with E-state index in [1.807, 2.05) is 24.3 Å². The van der Waals surface area contributed by atoms with Crippen molar-refractivity contribution < 1.29 is 4.55 Å². The number of nitrogens with zero attached hydrogens (tertiary/aromatic N) is 1. The second-order valence-corrected chi connectivity index (χ2v) is 3.81. The summed E-state index contributed by atoms with van der Waals surface area (Å²) in [5, 5.41) is 0.538. The van der Waals surface area contributed by atoms with Gasteiger partial charge < -0.3 is 4.55 Å². The maximum atomic E-state index is 11.0. The predicted octanol–water partition coefficient (Wildman–Crippen LogP) is 0.652. The van der Waals surface area contributed by atoms with Gasteiger partial charge in [0, 0.05) is 11.2 Å². The third-order valence-electron chi connectivity index (χ3n) is 1.64. The minimum absolute atomic E-state index is 0. The zero-order valence-corrected chi connectivity index (χ0v) is 7.39. The molecular formula is C8H9N2NaOS. The molecule has 0 fully saturated rings. The van der Waals surface area contributed by atoms with Gasteiger partial charge in [-0.2, -0.15) is 4.98 Å². The molecule has 13 heavy (non-hydrogen) atoms. The Kier molecular flexibility index (Phi) is 3.82. The Morgan fingerprint density at radius 3 is 2.69 bits per heavy atom. The average molecular weight is 204 g/mol. The fourth-order valence-electron chi connectivity index (χ4n) is 1.07. The van der Waals surface area contributed by atoms with Crippen LogP contribution in [0.5, 0.6) is 0 Å². The molecule has 0 aliphatic heterocycles. The summed E-state index contributed by atoms with van der Waals surface area (Å²) in [7, 11) is 0. The van der Waals surface area contributed by atoms with Gasteiger partial charge in [-0.25, -0.2) is 0 Å². The molecule has 0 radical (unpaired) electrons. The molecule has 64 valence electrons. The quantitative estimate of drug-likeness (QED) is 0.547. The number of aromatic nitrogens is 2. The fourth-order valence-corrected chi connectivity index (χ4v) is 1.55. The monoisotopic (exact) mass is 204 g/mol. The number of para-hydroxylation sites is 2. The van der Waals surface area contributed by atoms with Crippen LogP contribution in [-0.2, 0) is 11.2 Å². The summed E-state index contributed by atoms with van der Waals surface area (Å²) in [5.41, 5.74) is 1.80.